The van der Waals surface area contributed by atoms with Crippen LogP contribution in [0.25, 0.3) is 0 Å². The van der Waals surface area contributed by atoms with Crippen LogP contribution in [0, 0.1) is 0 Å². The van der Waals surface area contributed by atoms with Crippen LogP contribution >= 0.6 is 22.9 Å². The number of hydrogen-bond donors (Lipinski definition) is 0. The molecule has 1 amide bonds. The summed E-state index contributed by atoms with van der Waals surface area (Å²) in [5.74, 6) is 0.868. The Morgan fingerprint density at radius 1 is 1.11 bits per heavy atom. The highest BCUT2D eigenvalue weighted by molar-refractivity contribution is 7.91. The van der Waals surface area contributed by atoms with E-state index in [2.05, 4.69) is 0 Å². The number of carbonyl (C=O) groups excluding carboxylic acids is 1. The van der Waals surface area contributed by atoms with Crippen molar-refractivity contribution in [3.05, 3.63) is 46.3 Å². The Kier molecular flexibility index (Phi) is 6.98. The lowest BCUT2D eigenvalue weighted by Gasteiger charge is -2.33. The highest BCUT2D eigenvalue weighted by Gasteiger charge is 2.30. The van der Waals surface area contributed by atoms with Crippen LogP contribution in [0.3, 0.4) is 0 Å². The Morgan fingerprint density at radius 2 is 1.79 bits per heavy atom. The van der Waals surface area contributed by atoms with Gasteiger partial charge in [0.2, 0.25) is 5.91 Å². The topological polar surface area (TPSA) is 66.9 Å². The second-order valence-electron chi connectivity index (χ2n) is 6.42. The van der Waals surface area contributed by atoms with Gasteiger partial charge in [0.05, 0.1) is 10.9 Å². The maximum atomic E-state index is 12.6. The minimum atomic E-state index is -3.54. The number of thiophene rings is 1. The lowest BCUT2D eigenvalue weighted by molar-refractivity contribution is -0.132. The Bertz CT molecular complexity index is 904. The molecule has 0 aliphatic carbocycles. The van der Waals surface area contributed by atoms with Gasteiger partial charge in [0.25, 0.3) is 10.0 Å². The molecule has 6 nitrogen and oxygen atoms in total. The van der Waals surface area contributed by atoms with E-state index in [1.165, 1.54) is 10.4 Å². The quantitative estimate of drug-likeness (QED) is 0.660. The number of rotatable bonds is 7. The minimum absolute atomic E-state index is 0.0464. The molecule has 28 heavy (non-hydrogen) atoms. The summed E-state index contributed by atoms with van der Waals surface area (Å²) in [6.45, 7) is 3.96. The van der Waals surface area contributed by atoms with E-state index >= 15 is 0 Å². The average molecular weight is 443 g/mol. The van der Waals surface area contributed by atoms with Crippen LogP contribution in [0.15, 0.2) is 40.6 Å². The van der Waals surface area contributed by atoms with Gasteiger partial charge in [0.1, 0.15) is 9.96 Å². The summed E-state index contributed by atoms with van der Waals surface area (Å²) in [6, 6.07) is 10.9. The van der Waals surface area contributed by atoms with Crippen molar-refractivity contribution < 1.29 is 17.9 Å². The van der Waals surface area contributed by atoms with Gasteiger partial charge in [-0.1, -0.05) is 23.7 Å². The summed E-state index contributed by atoms with van der Waals surface area (Å²) in [5.41, 5.74) is 1.08. The molecule has 1 saturated heterocycles. The van der Waals surface area contributed by atoms with E-state index in [4.69, 9.17) is 16.3 Å². The van der Waals surface area contributed by atoms with E-state index in [0.717, 1.165) is 22.6 Å². The SMILES string of the molecule is CCOc1ccc(CCC(=O)N2CCN(S(=O)(=O)c3ccc(Cl)s3)CC2)cc1. The molecule has 152 valence electrons. The standard InChI is InChI=1S/C19H23ClN2O4S2/c1-2-26-16-6-3-15(4-7-16)5-9-18(23)21-11-13-22(14-12-21)28(24,25)19-10-8-17(20)27-19/h3-4,6-8,10H,2,5,9,11-14H2,1H3. The van der Waals surface area contributed by atoms with Crippen LogP contribution in [0.1, 0.15) is 18.9 Å². The fraction of sp³-hybridized carbons (Fsp3) is 0.421. The van der Waals surface area contributed by atoms with Crippen molar-refractivity contribution in [2.45, 2.75) is 24.0 Å². The summed E-state index contributed by atoms with van der Waals surface area (Å²) in [7, 11) is -3.54. The molecular weight excluding hydrogens is 420 g/mol. The lowest BCUT2D eigenvalue weighted by Crippen LogP contribution is -2.50. The molecule has 0 radical (unpaired) electrons. The molecule has 0 unspecified atom stereocenters. The van der Waals surface area contributed by atoms with Gasteiger partial charge in [-0.15, -0.1) is 11.3 Å². The van der Waals surface area contributed by atoms with Crippen LogP contribution in [0.5, 0.6) is 5.75 Å². The van der Waals surface area contributed by atoms with Gasteiger partial charge in [-0.25, -0.2) is 8.42 Å². The van der Waals surface area contributed by atoms with Crippen LogP contribution in [0.2, 0.25) is 4.34 Å². The molecule has 2 heterocycles. The summed E-state index contributed by atoms with van der Waals surface area (Å²) in [6.07, 6.45) is 1.05. The number of piperazine rings is 1. The van der Waals surface area contributed by atoms with E-state index in [1.807, 2.05) is 31.2 Å². The first-order valence-electron chi connectivity index (χ1n) is 9.15. The predicted octanol–water partition coefficient (Wildman–Crippen LogP) is 3.27. The molecule has 3 rings (SSSR count). The molecule has 1 aromatic carbocycles. The maximum absolute atomic E-state index is 12.6. The molecule has 1 aliphatic heterocycles. The smallest absolute Gasteiger partial charge is 0.252 e. The van der Waals surface area contributed by atoms with Gasteiger partial charge in [0.15, 0.2) is 0 Å². The molecule has 0 spiro atoms. The maximum Gasteiger partial charge on any atom is 0.252 e. The van der Waals surface area contributed by atoms with Gasteiger partial charge in [-0.3, -0.25) is 4.79 Å². The van der Waals surface area contributed by atoms with E-state index in [-0.39, 0.29) is 10.1 Å². The zero-order valence-corrected chi connectivity index (χ0v) is 18.0. The summed E-state index contributed by atoms with van der Waals surface area (Å²) >= 11 is 6.91. The highest BCUT2D eigenvalue weighted by atomic mass is 35.5. The van der Waals surface area contributed by atoms with Crippen molar-refractivity contribution in [1.29, 1.82) is 0 Å². The number of benzene rings is 1. The van der Waals surface area contributed by atoms with Gasteiger partial charge in [-0.05, 0) is 43.2 Å². The third-order valence-electron chi connectivity index (χ3n) is 4.60. The van der Waals surface area contributed by atoms with Crippen LogP contribution in [0.4, 0.5) is 0 Å². The fourth-order valence-corrected chi connectivity index (χ4v) is 6.13. The Balaban J connectivity index is 1.49. The average Bonchev–Trinajstić information content (AvgIpc) is 3.15. The van der Waals surface area contributed by atoms with Crippen molar-refractivity contribution in [1.82, 2.24) is 9.21 Å². The summed E-state index contributed by atoms with van der Waals surface area (Å²) < 4.78 is 32.8. The first kappa shape index (κ1) is 21.1. The van der Waals surface area contributed by atoms with Gasteiger partial charge in [0, 0.05) is 32.6 Å². The molecule has 9 heteroatoms. The van der Waals surface area contributed by atoms with Crippen molar-refractivity contribution in [3.8, 4) is 5.75 Å². The van der Waals surface area contributed by atoms with Crippen LogP contribution in [-0.4, -0.2) is 56.3 Å². The van der Waals surface area contributed by atoms with Gasteiger partial charge < -0.3 is 9.64 Å². The number of ether oxygens (including phenoxy) is 1. The number of amides is 1. The fourth-order valence-electron chi connectivity index (χ4n) is 3.07. The number of carbonyl (C=O) groups is 1. The van der Waals surface area contributed by atoms with Crippen molar-refractivity contribution >= 4 is 38.9 Å². The molecule has 0 atom stereocenters. The highest BCUT2D eigenvalue weighted by Crippen LogP contribution is 2.28. The van der Waals surface area contributed by atoms with Crippen molar-refractivity contribution in [3.63, 3.8) is 0 Å². The van der Waals surface area contributed by atoms with Crippen molar-refractivity contribution in [2.24, 2.45) is 0 Å². The third kappa shape index (κ3) is 5.05. The Morgan fingerprint density at radius 3 is 2.36 bits per heavy atom. The number of sulfonamides is 1. The lowest BCUT2D eigenvalue weighted by atomic mass is 10.1. The molecule has 0 N–H and O–H groups in total. The predicted molar refractivity (Wildman–Crippen MR) is 111 cm³/mol. The first-order chi connectivity index (χ1) is 13.4. The number of aryl methyl sites for hydroxylation is 1. The molecule has 0 bridgehead atoms. The normalized spacial score (nSPS) is 15.6. The third-order valence-corrected chi connectivity index (χ3v) is 8.19. The van der Waals surface area contributed by atoms with Crippen LogP contribution < -0.4 is 4.74 Å². The van der Waals surface area contributed by atoms with Gasteiger partial charge in [-0.2, -0.15) is 4.31 Å². The number of halogens is 1. The van der Waals surface area contributed by atoms with Crippen LogP contribution in [-0.2, 0) is 21.2 Å². The van der Waals surface area contributed by atoms with Gasteiger partial charge >= 0.3 is 0 Å². The van der Waals surface area contributed by atoms with E-state index < -0.39 is 10.0 Å². The molecule has 1 aliphatic rings. The zero-order valence-electron chi connectivity index (χ0n) is 15.6. The second kappa shape index (κ2) is 9.26. The zero-order chi connectivity index (χ0) is 20.1. The molecule has 0 saturated carbocycles. The largest absolute Gasteiger partial charge is 0.494 e. The van der Waals surface area contributed by atoms with E-state index in [0.29, 0.717) is 50.0 Å². The molecule has 2 aromatic rings. The summed E-state index contributed by atoms with van der Waals surface area (Å²) in [5, 5.41) is 0. The first-order valence-corrected chi connectivity index (χ1v) is 11.8. The van der Waals surface area contributed by atoms with E-state index in [1.54, 1.807) is 11.0 Å². The molecular formula is C19H23ClN2O4S2. The summed E-state index contributed by atoms with van der Waals surface area (Å²) in [4.78, 5) is 14.2. The van der Waals surface area contributed by atoms with Crippen molar-refractivity contribution in [2.75, 3.05) is 32.8 Å². The number of hydrogen-bond acceptors (Lipinski definition) is 5. The molecule has 1 aromatic heterocycles. The number of nitrogens with zero attached hydrogens (tertiary/aromatic N) is 2. The Hall–Kier alpha value is -1.61. The second-order valence-corrected chi connectivity index (χ2v) is 10.3. The minimum Gasteiger partial charge on any atom is -0.494 e. The monoisotopic (exact) mass is 442 g/mol. The molecule has 1 fully saturated rings. The van der Waals surface area contributed by atoms with E-state index in [9.17, 15) is 13.2 Å². The Labute approximate surface area is 174 Å².